The summed E-state index contributed by atoms with van der Waals surface area (Å²) < 4.78 is 32.9. The van der Waals surface area contributed by atoms with Crippen LogP contribution >= 0.6 is 11.6 Å². The third-order valence-corrected chi connectivity index (χ3v) is 4.53. The minimum atomic E-state index is -1.29. The predicted molar refractivity (Wildman–Crippen MR) is 97.7 cm³/mol. The zero-order chi connectivity index (χ0) is 19.8. The molecule has 1 saturated heterocycles. The number of halogens is 3. The van der Waals surface area contributed by atoms with Crippen LogP contribution in [0.1, 0.15) is 10.5 Å². The summed E-state index contributed by atoms with van der Waals surface area (Å²) in [5, 5.41) is 9.33. The van der Waals surface area contributed by atoms with Crippen molar-refractivity contribution >= 4 is 34.6 Å². The first kappa shape index (κ1) is 18.5. The lowest BCUT2D eigenvalue weighted by Gasteiger charge is -2.27. The van der Waals surface area contributed by atoms with E-state index in [0.717, 1.165) is 18.2 Å². The van der Waals surface area contributed by atoms with Crippen LogP contribution in [0, 0.1) is 11.6 Å². The van der Waals surface area contributed by atoms with Crippen molar-refractivity contribution in [1.82, 2.24) is 15.0 Å². The fourth-order valence-electron chi connectivity index (χ4n) is 2.96. The third-order valence-electron chi connectivity index (χ3n) is 4.24. The van der Waals surface area contributed by atoms with Crippen LogP contribution in [0.4, 0.5) is 14.7 Å². The number of carboxylic acid groups (broad SMARTS) is 1. The maximum atomic E-state index is 13.8. The Morgan fingerprint density at radius 2 is 1.71 bits per heavy atom. The van der Waals surface area contributed by atoms with E-state index in [9.17, 15) is 18.7 Å². The van der Waals surface area contributed by atoms with E-state index < -0.39 is 17.6 Å². The molecule has 1 fully saturated rings. The van der Waals surface area contributed by atoms with E-state index >= 15 is 0 Å². The topological polar surface area (TPSA) is 88.4 Å². The molecule has 7 nitrogen and oxygen atoms in total. The minimum absolute atomic E-state index is 0.0481. The number of pyridine rings is 1. The summed E-state index contributed by atoms with van der Waals surface area (Å²) in [5.74, 6) is -2.59. The monoisotopic (exact) mass is 406 g/mol. The van der Waals surface area contributed by atoms with Crippen molar-refractivity contribution in [2.45, 2.75) is 0 Å². The summed E-state index contributed by atoms with van der Waals surface area (Å²) in [7, 11) is 0. The van der Waals surface area contributed by atoms with E-state index in [0.29, 0.717) is 32.3 Å². The van der Waals surface area contributed by atoms with Gasteiger partial charge in [-0.15, -0.1) is 0 Å². The van der Waals surface area contributed by atoms with Crippen molar-refractivity contribution in [2.75, 3.05) is 31.2 Å². The summed E-state index contributed by atoms with van der Waals surface area (Å²) in [6.45, 7) is 2.02. The summed E-state index contributed by atoms with van der Waals surface area (Å²) in [5.41, 5.74) is 0.119. The molecular weight excluding hydrogens is 394 g/mol. The molecule has 1 aliphatic heterocycles. The Morgan fingerprint density at radius 3 is 2.36 bits per heavy atom. The molecule has 1 aromatic carbocycles. The second kappa shape index (κ2) is 7.25. The maximum Gasteiger partial charge on any atom is 0.354 e. The molecule has 28 heavy (non-hydrogen) atoms. The number of anilines is 1. The fourth-order valence-corrected chi connectivity index (χ4v) is 3.20. The molecule has 10 heteroatoms. The molecule has 0 atom stereocenters. The SMILES string of the molecule is O=C(O)c1cc(Cl)c2nc(N3CCOCC3)nc(-c3cc(F)cc(F)c3)c2n1. The summed E-state index contributed by atoms with van der Waals surface area (Å²) in [6, 6.07) is 4.10. The number of aromatic nitrogens is 3. The number of morpholine rings is 1. The van der Waals surface area contributed by atoms with Crippen LogP contribution in [0.25, 0.3) is 22.3 Å². The molecule has 3 heterocycles. The van der Waals surface area contributed by atoms with Gasteiger partial charge in [-0.2, -0.15) is 0 Å². The van der Waals surface area contributed by atoms with Crippen LogP contribution in [-0.4, -0.2) is 52.3 Å². The highest BCUT2D eigenvalue weighted by Crippen LogP contribution is 2.32. The summed E-state index contributed by atoms with van der Waals surface area (Å²) >= 11 is 6.25. The second-order valence-electron chi connectivity index (χ2n) is 6.12. The van der Waals surface area contributed by atoms with Gasteiger partial charge in [-0.25, -0.2) is 28.5 Å². The predicted octanol–water partition coefficient (Wildman–Crippen LogP) is 3.16. The number of rotatable bonds is 3. The van der Waals surface area contributed by atoms with Crippen LogP contribution in [-0.2, 0) is 4.74 Å². The molecule has 0 unspecified atom stereocenters. The van der Waals surface area contributed by atoms with Gasteiger partial charge in [-0.1, -0.05) is 11.6 Å². The molecule has 144 valence electrons. The molecule has 2 aromatic heterocycles. The van der Waals surface area contributed by atoms with Crippen LogP contribution in [0.2, 0.25) is 5.02 Å². The Kier molecular flexibility index (Phi) is 4.78. The second-order valence-corrected chi connectivity index (χ2v) is 6.53. The van der Waals surface area contributed by atoms with Gasteiger partial charge in [-0.3, -0.25) is 0 Å². The highest BCUT2D eigenvalue weighted by atomic mass is 35.5. The van der Waals surface area contributed by atoms with Crippen molar-refractivity contribution < 1.29 is 23.4 Å². The highest BCUT2D eigenvalue weighted by molar-refractivity contribution is 6.35. The average Bonchev–Trinajstić information content (AvgIpc) is 2.67. The number of ether oxygens (including phenoxy) is 1. The van der Waals surface area contributed by atoms with Gasteiger partial charge in [0.05, 0.1) is 18.2 Å². The number of carbonyl (C=O) groups is 1. The van der Waals surface area contributed by atoms with Gasteiger partial charge in [0.25, 0.3) is 0 Å². The van der Waals surface area contributed by atoms with Gasteiger partial charge in [0.2, 0.25) is 5.95 Å². The number of nitrogens with zero attached hydrogens (tertiary/aromatic N) is 4. The molecule has 0 spiro atoms. The Bertz CT molecular complexity index is 1070. The molecule has 0 aliphatic carbocycles. The van der Waals surface area contributed by atoms with Gasteiger partial charge in [-0.05, 0) is 18.2 Å². The Labute approximate surface area is 162 Å². The lowest BCUT2D eigenvalue weighted by atomic mass is 10.1. The molecule has 0 saturated carbocycles. The minimum Gasteiger partial charge on any atom is -0.477 e. The molecule has 0 amide bonds. The first-order valence-electron chi connectivity index (χ1n) is 8.33. The lowest BCUT2D eigenvalue weighted by molar-refractivity contribution is 0.0691. The van der Waals surface area contributed by atoms with Crippen molar-refractivity contribution in [3.63, 3.8) is 0 Å². The van der Waals surface area contributed by atoms with Gasteiger partial charge < -0.3 is 14.7 Å². The molecule has 1 aliphatic rings. The number of hydrogen-bond donors (Lipinski definition) is 1. The first-order valence-corrected chi connectivity index (χ1v) is 8.71. The summed E-state index contributed by atoms with van der Waals surface area (Å²) in [4.78, 5) is 26.1. The fraction of sp³-hybridized carbons (Fsp3) is 0.222. The summed E-state index contributed by atoms with van der Waals surface area (Å²) in [6.07, 6.45) is 0. The molecule has 3 aromatic rings. The Balaban J connectivity index is 2.01. The van der Waals surface area contributed by atoms with Gasteiger partial charge in [0.1, 0.15) is 28.4 Å². The van der Waals surface area contributed by atoms with E-state index in [-0.39, 0.29) is 33.0 Å². The third kappa shape index (κ3) is 3.46. The van der Waals surface area contributed by atoms with E-state index in [2.05, 4.69) is 15.0 Å². The number of hydrogen-bond acceptors (Lipinski definition) is 6. The average molecular weight is 407 g/mol. The van der Waals surface area contributed by atoms with E-state index in [1.54, 1.807) is 0 Å². The standard InChI is InChI=1S/C18H13ClF2N4O3/c19-12-8-13(17(26)27)22-16-14(9-5-10(20)7-11(21)6-9)23-18(24-15(12)16)25-1-3-28-4-2-25/h5-8H,1-4H2,(H,26,27). The van der Waals surface area contributed by atoms with E-state index in [1.807, 2.05) is 4.90 Å². The van der Waals surface area contributed by atoms with Crippen LogP contribution in [0.15, 0.2) is 24.3 Å². The van der Waals surface area contributed by atoms with Crippen LogP contribution < -0.4 is 4.90 Å². The largest absolute Gasteiger partial charge is 0.477 e. The number of fused-ring (bicyclic) bond motifs is 1. The maximum absolute atomic E-state index is 13.8. The zero-order valence-corrected chi connectivity index (χ0v) is 15.1. The van der Waals surface area contributed by atoms with Crippen molar-refractivity contribution in [1.29, 1.82) is 0 Å². The van der Waals surface area contributed by atoms with Crippen molar-refractivity contribution in [3.8, 4) is 11.3 Å². The molecule has 0 radical (unpaired) electrons. The molecule has 4 rings (SSSR count). The Morgan fingerprint density at radius 1 is 1.04 bits per heavy atom. The van der Waals surface area contributed by atoms with Crippen LogP contribution in [0.3, 0.4) is 0 Å². The van der Waals surface area contributed by atoms with Crippen molar-refractivity contribution in [3.05, 3.63) is 46.6 Å². The van der Waals surface area contributed by atoms with Gasteiger partial charge in [0.15, 0.2) is 5.69 Å². The van der Waals surface area contributed by atoms with E-state index in [4.69, 9.17) is 16.3 Å². The first-order chi connectivity index (χ1) is 13.4. The highest BCUT2D eigenvalue weighted by Gasteiger charge is 2.22. The number of aromatic carboxylic acids is 1. The molecule has 0 bridgehead atoms. The van der Waals surface area contributed by atoms with Gasteiger partial charge >= 0.3 is 5.97 Å². The van der Waals surface area contributed by atoms with Crippen LogP contribution in [0.5, 0.6) is 0 Å². The molecular formula is C18H13ClF2N4O3. The quantitative estimate of drug-likeness (QED) is 0.714. The van der Waals surface area contributed by atoms with Gasteiger partial charge in [0, 0.05) is 24.7 Å². The zero-order valence-electron chi connectivity index (χ0n) is 14.3. The molecule has 1 N–H and O–H groups in total. The normalized spacial score (nSPS) is 14.5. The van der Waals surface area contributed by atoms with E-state index in [1.165, 1.54) is 6.07 Å². The number of benzene rings is 1. The lowest BCUT2D eigenvalue weighted by Crippen LogP contribution is -2.37. The Hall–Kier alpha value is -2.91. The smallest absolute Gasteiger partial charge is 0.354 e. The number of carboxylic acids is 1. The van der Waals surface area contributed by atoms with Crippen molar-refractivity contribution in [2.24, 2.45) is 0 Å².